The molecule has 0 saturated carbocycles. The van der Waals surface area contributed by atoms with E-state index in [0.717, 1.165) is 41.8 Å². The number of halogens is 5. The molecule has 40 heavy (non-hydrogen) atoms. The smallest absolute Gasteiger partial charge is 0.390 e. The van der Waals surface area contributed by atoms with E-state index in [2.05, 4.69) is 10.1 Å². The first-order valence-electron chi connectivity index (χ1n) is 12.5. The summed E-state index contributed by atoms with van der Waals surface area (Å²) in [6, 6.07) is 11.3. The van der Waals surface area contributed by atoms with E-state index in [0.29, 0.717) is 10.6 Å². The summed E-state index contributed by atoms with van der Waals surface area (Å²) in [6.07, 6.45) is -5.43. The average molecular weight is 562 g/mol. The van der Waals surface area contributed by atoms with Crippen LogP contribution in [0.1, 0.15) is 45.5 Å². The molecule has 12 heteroatoms. The summed E-state index contributed by atoms with van der Waals surface area (Å²) in [5, 5.41) is 14.8. The fourth-order valence-electron chi connectivity index (χ4n) is 4.45. The lowest BCUT2D eigenvalue weighted by atomic mass is 10.0. The third kappa shape index (κ3) is 6.80. The Labute approximate surface area is 227 Å². The highest BCUT2D eigenvalue weighted by Crippen LogP contribution is 2.30. The van der Waals surface area contributed by atoms with Crippen molar-refractivity contribution in [1.82, 2.24) is 19.5 Å². The van der Waals surface area contributed by atoms with Gasteiger partial charge < -0.3 is 15.7 Å². The second kappa shape index (κ2) is 11.7. The molecule has 2 atom stereocenters. The minimum absolute atomic E-state index is 0.00248. The Morgan fingerprint density at radius 1 is 1.05 bits per heavy atom. The lowest BCUT2D eigenvalue weighted by molar-refractivity contribution is -0.142. The zero-order valence-corrected chi connectivity index (χ0v) is 21.8. The van der Waals surface area contributed by atoms with Crippen LogP contribution in [0.3, 0.4) is 0 Å². The summed E-state index contributed by atoms with van der Waals surface area (Å²) >= 11 is 0. The van der Waals surface area contributed by atoms with E-state index in [9.17, 15) is 31.9 Å². The van der Waals surface area contributed by atoms with Gasteiger partial charge in [0.25, 0.3) is 5.91 Å². The largest absolute Gasteiger partial charge is 0.433 e. The summed E-state index contributed by atoms with van der Waals surface area (Å²) < 4.78 is 68.7. The third-order valence-electron chi connectivity index (χ3n) is 6.42. The van der Waals surface area contributed by atoms with Crippen LogP contribution in [-0.2, 0) is 25.6 Å². The van der Waals surface area contributed by atoms with Crippen LogP contribution in [0.15, 0.2) is 54.6 Å². The number of hydrogen-bond donors (Lipinski definition) is 2. The topological polar surface area (TPSA) is 96.8 Å². The van der Waals surface area contributed by atoms with Gasteiger partial charge in [0.2, 0.25) is 0 Å². The Kier molecular flexibility index (Phi) is 8.50. The summed E-state index contributed by atoms with van der Waals surface area (Å²) in [4.78, 5) is 18.9. The lowest BCUT2D eigenvalue weighted by Gasteiger charge is -2.28. The van der Waals surface area contributed by atoms with Crippen LogP contribution in [0.2, 0.25) is 0 Å². The molecule has 0 fully saturated rings. The van der Waals surface area contributed by atoms with Crippen molar-refractivity contribution < 1.29 is 31.9 Å². The third-order valence-corrected chi connectivity index (χ3v) is 6.42. The predicted molar refractivity (Wildman–Crippen MR) is 137 cm³/mol. The minimum Gasteiger partial charge on any atom is -0.390 e. The van der Waals surface area contributed by atoms with Gasteiger partial charge in [0.05, 0.1) is 6.10 Å². The van der Waals surface area contributed by atoms with Crippen molar-refractivity contribution in [1.29, 1.82) is 0 Å². The molecule has 0 aliphatic heterocycles. The highest BCUT2D eigenvalue weighted by atomic mass is 19.4. The summed E-state index contributed by atoms with van der Waals surface area (Å²) in [5.41, 5.74) is 6.63. The number of carbonyl (C=O) groups excluding carboxylic acids is 1. The van der Waals surface area contributed by atoms with Crippen molar-refractivity contribution in [3.63, 3.8) is 0 Å². The molecule has 0 radical (unpaired) electrons. The number of amides is 1. The SMILES string of the molecule is CCc1cccc(CN(CC(O)C(N)Cc2cc(F)cc(F)c2)C(=O)c2cc3nc(C)cc(C(F)(F)F)n3n2)c1. The van der Waals surface area contributed by atoms with Crippen molar-refractivity contribution in [3.05, 3.63) is 100 Å². The number of rotatable bonds is 9. The van der Waals surface area contributed by atoms with Gasteiger partial charge in [-0.25, -0.2) is 18.3 Å². The van der Waals surface area contributed by atoms with Gasteiger partial charge >= 0.3 is 6.18 Å². The number of aryl methyl sites for hydroxylation is 2. The van der Waals surface area contributed by atoms with E-state index < -0.39 is 41.6 Å². The molecule has 0 spiro atoms. The number of alkyl halides is 3. The van der Waals surface area contributed by atoms with Gasteiger partial charge in [0.1, 0.15) is 17.3 Å². The van der Waals surface area contributed by atoms with Gasteiger partial charge in [-0.05, 0) is 54.7 Å². The molecule has 1 amide bonds. The summed E-state index contributed by atoms with van der Waals surface area (Å²) in [6.45, 7) is 3.04. The maximum Gasteiger partial charge on any atom is 0.433 e. The maximum absolute atomic E-state index is 13.6. The molecule has 4 rings (SSSR count). The number of nitrogens with two attached hydrogens (primary N) is 1. The molecule has 2 heterocycles. The second-order valence-corrected chi connectivity index (χ2v) is 9.65. The number of aliphatic hydroxyl groups is 1. The highest BCUT2D eigenvalue weighted by Gasteiger charge is 2.35. The zero-order chi connectivity index (χ0) is 29.2. The fraction of sp³-hybridized carbons (Fsp3) is 0.321. The van der Waals surface area contributed by atoms with Gasteiger partial charge in [-0.2, -0.15) is 18.3 Å². The van der Waals surface area contributed by atoms with Crippen LogP contribution in [0, 0.1) is 18.6 Å². The lowest BCUT2D eigenvalue weighted by Crippen LogP contribution is -2.46. The standard InChI is InChI=1S/C28H28F5N5O2/c1-3-17-5-4-6-18(8-17)14-37(15-24(39)22(34)11-19-9-20(29)12-21(30)10-19)27(40)23-13-26-35-16(2)7-25(28(31,32)33)38(26)36-23/h4-10,12-13,22,24,39H,3,11,14-15,34H2,1-2H3. The van der Waals surface area contributed by atoms with Crippen LogP contribution in [0.25, 0.3) is 5.65 Å². The normalized spacial score (nSPS) is 13.4. The van der Waals surface area contributed by atoms with Crippen molar-refractivity contribution in [3.8, 4) is 0 Å². The molecular weight excluding hydrogens is 533 g/mol. The molecule has 3 N–H and O–H groups in total. The minimum atomic E-state index is -4.74. The molecule has 0 saturated heterocycles. The van der Waals surface area contributed by atoms with Crippen molar-refractivity contribution in [2.24, 2.45) is 5.73 Å². The summed E-state index contributed by atoms with van der Waals surface area (Å²) in [5.74, 6) is -2.34. The fourth-order valence-corrected chi connectivity index (χ4v) is 4.45. The number of fused-ring (bicyclic) bond motifs is 1. The van der Waals surface area contributed by atoms with Crippen LogP contribution in [-0.4, -0.2) is 49.2 Å². The van der Waals surface area contributed by atoms with E-state index in [-0.39, 0.29) is 42.1 Å². The second-order valence-electron chi connectivity index (χ2n) is 9.65. The van der Waals surface area contributed by atoms with Gasteiger partial charge in [-0.1, -0.05) is 31.2 Å². The van der Waals surface area contributed by atoms with E-state index in [4.69, 9.17) is 5.73 Å². The first kappa shape index (κ1) is 29.1. The van der Waals surface area contributed by atoms with Gasteiger partial charge in [-0.3, -0.25) is 4.79 Å². The summed E-state index contributed by atoms with van der Waals surface area (Å²) in [7, 11) is 0. The number of aliphatic hydroxyl groups excluding tert-OH is 1. The quantitative estimate of drug-likeness (QED) is 0.294. The highest BCUT2D eigenvalue weighted by molar-refractivity contribution is 5.93. The average Bonchev–Trinajstić information content (AvgIpc) is 3.30. The molecule has 4 aromatic rings. The Balaban J connectivity index is 1.65. The van der Waals surface area contributed by atoms with Crippen LogP contribution in [0.5, 0.6) is 0 Å². The maximum atomic E-state index is 13.6. The molecule has 212 valence electrons. The Hall–Kier alpha value is -3.90. The molecular formula is C28H28F5N5O2. The Bertz CT molecular complexity index is 1500. The Morgan fingerprint density at radius 2 is 1.73 bits per heavy atom. The monoisotopic (exact) mass is 561 g/mol. The molecule has 0 aliphatic rings. The number of benzene rings is 2. The van der Waals surface area contributed by atoms with Crippen LogP contribution in [0.4, 0.5) is 22.0 Å². The molecule has 7 nitrogen and oxygen atoms in total. The predicted octanol–water partition coefficient (Wildman–Crippen LogP) is 4.47. The molecule has 0 bridgehead atoms. The first-order chi connectivity index (χ1) is 18.8. The van der Waals surface area contributed by atoms with E-state index in [1.165, 1.54) is 11.8 Å². The first-order valence-corrected chi connectivity index (χ1v) is 12.5. The molecule has 0 aliphatic carbocycles. The number of nitrogens with zero attached hydrogens (tertiary/aromatic N) is 4. The number of hydrogen-bond acceptors (Lipinski definition) is 5. The zero-order valence-electron chi connectivity index (χ0n) is 21.8. The van der Waals surface area contributed by atoms with Crippen molar-refractivity contribution in [2.45, 2.75) is 51.6 Å². The van der Waals surface area contributed by atoms with E-state index >= 15 is 0 Å². The number of aromatic nitrogens is 3. The number of carbonyl (C=O) groups is 1. The molecule has 2 aromatic carbocycles. The van der Waals surface area contributed by atoms with Gasteiger partial charge in [0, 0.05) is 37.0 Å². The van der Waals surface area contributed by atoms with Crippen molar-refractivity contribution in [2.75, 3.05) is 6.54 Å². The molecule has 2 unspecified atom stereocenters. The van der Waals surface area contributed by atoms with E-state index in [1.807, 2.05) is 25.1 Å². The molecule has 2 aromatic heterocycles. The van der Waals surface area contributed by atoms with Crippen LogP contribution >= 0.6 is 0 Å². The van der Waals surface area contributed by atoms with Gasteiger partial charge in [0.15, 0.2) is 11.3 Å². The van der Waals surface area contributed by atoms with Crippen molar-refractivity contribution >= 4 is 11.6 Å². The Morgan fingerprint density at radius 3 is 2.38 bits per heavy atom. The van der Waals surface area contributed by atoms with Crippen LogP contribution < -0.4 is 5.73 Å². The van der Waals surface area contributed by atoms with E-state index in [1.54, 1.807) is 6.07 Å². The van der Waals surface area contributed by atoms with Gasteiger partial charge in [-0.15, -0.1) is 0 Å².